The second-order valence-electron chi connectivity index (χ2n) is 5.15. The first-order chi connectivity index (χ1) is 10.1. The van der Waals surface area contributed by atoms with Gasteiger partial charge in [0.05, 0.1) is 11.9 Å². The Hall–Kier alpha value is -1.48. The van der Waals surface area contributed by atoms with Crippen LogP contribution in [0.5, 0.6) is 0 Å². The van der Waals surface area contributed by atoms with Crippen LogP contribution in [0.3, 0.4) is 0 Å². The third-order valence-corrected chi connectivity index (χ3v) is 5.76. The van der Waals surface area contributed by atoms with Gasteiger partial charge < -0.3 is 15.4 Å². The van der Waals surface area contributed by atoms with Gasteiger partial charge >= 0.3 is 16.9 Å². The van der Waals surface area contributed by atoms with E-state index in [1.165, 1.54) is 4.90 Å². The van der Waals surface area contributed by atoms with E-state index in [-0.39, 0.29) is 22.8 Å². The number of carboxylic acid groups (broad SMARTS) is 1. The van der Waals surface area contributed by atoms with Crippen LogP contribution in [0.2, 0.25) is 0 Å². The van der Waals surface area contributed by atoms with E-state index in [9.17, 15) is 19.5 Å². The molecule has 3 rings (SSSR count). The summed E-state index contributed by atoms with van der Waals surface area (Å²) in [7, 11) is 0. The number of carboxylic acids is 1. The van der Waals surface area contributed by atoms with Gasteiger partial charge in [0.15, 0.2) is 0 Å². The maximum absolute atomic E-state index is 12.3. The molecule has 0 spiro atoms. The minimum Gasteiger partial charge on any atom is -0.480 e. The molecule has 7 nitrogen and oxygen atoms in total. The largest absolute Gasteiger partial charge is 0.480 e. The number of aromatic nitrogens is 1. The maximum atomic E-state index is 12.3. The molecule has 0 bridgehead atoms. The Morgan fingerprint density at radius 2 is 2.24 bits per heavy atom. The summed E-state index contributed by atoms with van der Waals surface area (Å²) in [5.41, 5.74) is 0.625. The lowest BCUT2D eigenvalue weighted by atomic mass is 10.2. The Bertz CT molecular complexity index is 610. The quantitative estimate of drug-likeness (QED) is 0.761. The van der Waals surface area contributed by atoms with Crippen molar-refractivity contribution in [1.82, 2.24) is 15.2 Å². The van der Waals surface area contributed by atoms with E-state index in [0.29, 0.717) is 17.4 Å². The molecule has 1 saturated heterocycles. The monoisotopic (exact) mass is 329 g/mol. The number of nitrogens with zero attached hydrogens (tertiary/aromatic N) is 1. The second kappa shape index (κ2) is 5.72. The van der Waals surface area contributed by atoms with Crippen LogP contribution in [0.15, 0.2) is 10.2 Å². The van der Waals surface area contributed by atoms with Crippen molar-refractivity contribution in [3.05, 3.63) is 20.7 Å². The fourth-order valence-electron chi connectivity index (χ4n) is 2.38. The number of carbonyl (C=O) groups is 2. The number of urea groups is 1. The molecule has 2 heterocycles. The van der Waals surface area contributed by atoms with Gasteiger partial charge in [-0.2, -0.15) is 0 Å². The molecule has 2 fully saturated rings. The molecule has 1 aromatic rings. The molecule has 2 atom stereocenters. The van der Waals surface area contributed by atoms with Crippen molar-refractivity contribution in [2.24, 2.45) is 5.92 Å². The molecule has 2 unspecified atom stereocenters. The number of carbonyl (C=O) groups excluding carboxylic acids is 1. The summed E-state index contributed by atoms with van der Waals surface area (Å²) in [5, 5.41) is 13.6. The predicted octanol–water partition coefficient (Wildman–Crippen LogP) is 0.884. The fourth-order valence-corrected chi connectivity index (χ4v) is 4.59. The SMILES string of the molecule is O=C(O)C1CSC(C2CC2)N1C(=O)NCc1csc(=O)[nH]1. The van der Waals surface area contributed by atoms with E-state index in [0.717, 1.165) is 24.2 Å². The molecule has 2 amide bonds. The van der Waals surface area contributed by atoms with Crippen LogP contribution >= 0.6 is 23.1 Å². The van der Waals surface area contributed by atoms with Crippen molar-refractivity contribution in [2.45, 2.75) is 30.8 Å². The van der Waals surface area contributed by atoms with Gasteiger partial charge in [-0.15, -0.1) is 11.8 Å². The molecule has 1 saturated carbocycles. The van der Waals surface area contributed by atoms with Gasteiger partial charge in [-0.25, -0.2) is 9.59 Å². The van der Waals surface area contributed by atoms with Gasteiger partial charge in [0, 0.05) is 16.8 Å². The third-order valence-electron chi connectivity index (χ3n) is 3.58. The maximum Gasteiger partial charge on any atom is 0.327 e. The zero-order valence-corrected chi connectivity index (χ0v) is 12.7. The molecule has 1 aliphatic heterocycles. The molecule has 1 aliphatic carbocycles. The van der Waals surface area contributed by atoms with Crippen LogP contribution in [0.4, 0.5) is 4.79 Å². The topological polar surface area (TPSA) is 102 Å². The zero-order chi connectivity index (χ0) is 15.0. The predicted molar refractivity (Wildman–Crippen MR) is 79.4 cm³/mol. The Morgan fingerprint density at radius 3 is 2.81 bits per heavy atom. The molecule has 0 radical (unpaired) electrons. The van der Waals surface area contributed by atoms with Crippen LogP contribution in [-0.2, 0) is 11.3 Å². The van der Waals surface area contributed by atoms with E-state index < -0.39 is 12.0 Å². The van der Waals surface area contributed by atoms with E-state index >= 15 is 0 Å². The first kappa shape index (κ1) is 14.5. The molecule has 9 heteroatoms. The molecular formula is C12H15N3O4S2. The van der Waals surface area contributed by atoms with Gasteiger partial charge in [-0.3, -0.25) is 9.69 Å². The molecule has 21 heavy (non-hydrogen) atoms. The van der Waals surface area contributed by atoms with Crippen LogP contribution < -0.4 is 10.2 Å². The van der Waals surface area contributed by atoms with Crippen molar-refractivity contribution in [1.29, 1.82) is 0 Å². The standard InChI is InChI=1S/C12H15N3O4S2/c16-10(17)8-5-20-9(6-1-2-6)15(8)11(18)13-3-7-4-21-12(19)14-7/h4,6,8-9H,1-3,5H2,(H,13,18)(H,14,19)(H,16,17). The number of aromatic amines is 1. The molecule has 1 aromatic heterocycles. The average Bonchev–Trinajstić information content (AvgIpc) is 3.04. The van der Waals surface area contributed by atoms with Crippen LogP contribution in [0.25, 0.3) is 0 Å². The van der Waals surface area contributed by atoms with Crippen molar-refractivity contribution in [3.8, 4) is 0 Å². The summed E-state index contributed by atoms with van der Waals surface area (Å²) in [6.07, 6.45) is 2.09. The highest BCUT2D eigenvalue weighted by Crippen LogP contribution is 2.45. The van der Waals surface area contributed by atoms with Gasteiger partial charge in [-0.05, 0) is 18.8 Å². The Morgan fingerprint density at radius 1 is 1.48 bits per heavy atom. The van der Waals surface area contributed by atoms with Gasteiger partial charge in [0.2, 0.25) is 0 Å². The highest BCUT2D eigenvalue weighted by atomic mass is 32.2. The Labute approximate surface area is 128 Å². The van der Waals surface area contributed by atoms with Crippen molar-refractivity contribution >= 4 is 35.1 Å². The number of thioether (sulfide) groups is 1. The number of hydrogen-bond donors (Lipinski definition) is 3. The molecule has 114 valence electrons. The summed E-state index contributed by atoms with van der Waals surface area (Å²) < 4.78 is 0. The summed E-state index contributed by atoms with van der Waals surface area (Å²) in [6, 6.07) is -1.15. The lowest BCUT2D eigenvalue weighted by Gasteiger charge is -2.27. The van der Waals surface area contributed by atoms with Crippen molar-refractivity contribution in [3.63, 3.8) is 0 Å². The van der Waals surface area contributed by atoms with Gasteiger partial charge in [0.1, 0.15) is 6.04 Å². The third kappa shape index (κ3) is 3.08. The number of rotatable bonds is 4. The molecule has 0 aromatic carbocycles. The highest BCUT2D eigenvalue weighted by molar-refractivity contribution is 8.00. The first-order valence-corrected chi connectivity index (χ1v) is 8.56. The minimum absolute atomic E-state index is 0.0485. The summed E-state index contributed by atoms with van der Waals surface area (Å²) >= 11 is 2.58. The average molecular weight is 329 g/mol. The summed E-state index contributed by atoms with van der Waals surface area (Å²) in [4.78, 5) is 38.6. The first-order valence-electron chi connectivity index (χ1n) is 6.63. The molecule has 3 N–H and O–H groups in total. The lowest BCUT2D eigenvalue weighted by Crippen LogP contribution is -2.50. The second-order valence-corrected chi connectivity index (χ2v) is 7.15. The fraction of sp³-hybridized carbons (Fsp3) is 0.583. The lowest BCUT2D eigenvalue weighted by molar-refractivity contribution is -0.141. The number of nitrogens with one attached hydrogen (secondary N) is 2. The minimum atomic E-state index is -0.968. The molecule has 2 aliphatic rings. The zero-order valence-electron chi connectivity index (χ0n) is 11.1. The number of hydrogen-bond acceptors (Lipinski definition) is 5. The summed E-state index contributed by atoms with van der Waals surface area (Å²) in [5.74, 6) is -0.130. The van der Waals surface area contributed by atoms with Gasteiger partial charge in [0.25, 0.3) is 0 Å². The van der Waals surface area contributed by atoms with E-state index in [1.54, 1.807) is 17.1 Å². The van der Waals surface area contributed by atoms with E-state index in [4.69, 9.17) is 0 Å². The van der Waals surface area contributed by atoms with Crippen LogP contribution in [0, 0.1) is 5.92 Å². The number of thiazole rings is 1. The number of amides is 2. The van der Waals surface area contributed by atoms with Gasteiger partial charge in [-0.1, -0.05) is 11.3 Å². The van der Waals surface area contributed by atoms with Crippen molar-refractivity contribution in [2.75, 3.05) is 5.75 Å². The highest BCUT2D eigenvalue weighted by Gasteiger charge is 2.48. The Balaban J connectivity index is 1.67. The number of aliphatic carboxylic acids is 1. The van der Waals surface area contributed by atoms with E-state index in [2.05, 4.69) is 10.3 Å². The van der Waals surface area contributed by atoms with Crippen LogP contribution in [0.1, 0.15) is 18.5 Å². The van der Waals surface area contributed by atoms with E-state index in [1.807, 2.05) is 0 Å². The number of H-pyrrole nitrogens is 1. The van der Waals surface area contributed by atoms with Crippen LogP contribution in [-0.4, -0.2) is 44.2 Å². The smallest absolute Gasteiger partial charge is 0.327 e. The summed E-state index contributed by atoms with van der Waals surface area (Å²) in [6.45, 7) is 0.197. The normalized spacial score (nSPS) is 25.0. The Kier molecular flexibility index (Phi) is 3.94. The van der Waals surface area contributed by atoms with Crippen molar-refractivity contribution < 1.29 is 14.7 Å². The molecular weight excluding hydrogens is 314 g/mol.